The van der Waals surface area contributed by atoms with E-state index in [-0.39, 0.29) is 5.56 Å². The minimum atomic E-state index is -0.236. The molecule has 0 aliphatic heterocycles. The summed E-state index contributed by atoms with van der Waals surface area (Å²) in [5, 5.41) is 9.38. The number of hydrogen-bond donors (Lipinski definition) is 0. The van der Waals surface area contributed by atoms with Crippen molar-refractivity contribution in [3.05, 3.63) is 111 Å². The van der Waals surface area contributed by atoms with E-state index in [1.54, 1.807) is 13.2 Å². The summed E-state index contributed by atoms with van der Waals surface area (Å²) >= 11 is 1.29. The van der Waals surface area contributed by atoms with Gasteiger partial charge in [0.25, 0.3) is 5.56 Å². The fraction of sp³-hybridized carbons (Fsp3) is 0.200. The normalized spacial score (nSPS) is 11.9. The monoisotopic (exact) mass is 619 g/mol. The van der Waals surface area contributed by atoms with E-state index in [0.29, 0.717) is 40.0 Å². The zero-order valence-electron chi connectivity index (χ0n) is 25.3. The lowest BCUT2D eigenvalue weighted by atomic mass is 10.1. The molecule has 0 spiro atoms. The SMILES string of the molecule is CCCCOc1cccc(-c2nn(-c3ccccc3)cc2/C=c2\sc3nc(/C=C/c4ccc(OCC)c(OC)c4)nn3c2=O)c1. The number of hydrogen-bond acceptors (Lipinski definition) is 8. The van der Waals surface area contributed by atoms with Crippen LogP contribution in [0.4, 0.5) is 0 Å². The Morgan fingerprint density at radius 1 is 0.911 bits per heavy atom. The molecule has 228 valence electrons. The maximum absolute atomic E-state index is 13.5. The highest BCUT2D eigenvalue weighted by molar-refractivity contribution is 7.15. The minimum absolute atomic E-state index is 0.236. The van der Waals surface area contributed by atoms with Crippen LogP contribution in [0.5, 0.6) is 17.2 Å². The van der Waals surface area contributed by atoms with Crippen molar-refractivity contribution in [3.63, 3.8) is 0 Å². The molecule has 0 unspecified atom stereocenters. The average Bonchev–Trinajstić information content (AvgIpc) is 3.76. The average molecular weight is 620 g/mol. The lowest BCUT2D eigenvalue weighted by molar-refractivity contribution is 0.309. The maximum Gasteiger partial charge on any atom is 0.291 e. The lowest BCUT2D eigenvalue weighted by Crippen LogP contribution is -2.23. The molecule has 0 saturated carbocycles. The Balaban J connectivity index is 1.34. The minimum Gasteiger partial charge on any atom is -0.494 e. The molecule has 6 rings (SSSR count). The van der Waals surface area contributed by atoms with E-state index < -0.39 is 0 Å². The van der Waals surface area contributed by atoms with Crippen LogP contribution in [0.1, 0.15) is 43.6 Å². The summed E-state index contributed by atoms with van der Waals surface area (Å²) in [7, 11) is 1.61. The number of nitrogens with zero attached hydrogens (tertiary/aromatic N) is 5. The van der Waals surface area contributed by atoms with E-state index in [4.69, 9.17) is 19.3 Å². The largest absolute Gasteiger partial charge is 0.494 e. The molecular formula is C35H33N5O4S. The zero-order valence-corrected chi connectivity index (χ0v) is 26.2. The predicted octanol–water partition coefficient (Wildman–Crippen LogP) is 6.31. The van der Waals surface area contributed by atoms with Gasteiger partial charge >= 0.3 is 0 Å². The van der Waals surface area contributed by atoms with Crippen molar-refractivity contribution in [2.45, 2.75) is 26.7 Å². The second-order valence-corrected chi connectivity index (χ2v) is 11.2. The Labute approximate surface area is 264 Å². The van der Waals surface area contributed by atoms with E-state index in [1.165, 1.54) is 15.9 Å². The van der Waals surface area contributed by atoms with Crippen LogP contribution in [0.25, 0.3) is 40.1 Å². The summed E-state index contributed by atoms with van der Waals surface area (Å²) in [6.45, 7) is 5.27. The van der Waals surface area contributed by atoms with Crippen molar-refractivity contribution in [2.24, 2.45) is 0 Å². The molecular weight excluding hydrogens is 586 g/mol. The highest BCUT2D eigenvalue weighted by Crippen LogP contribution is 2.29. The highest BCUT2D eigenvalue weighted by Gasteiger charge is 2.15. The van der Waals surface area contributed by atoms with Crippen LogP contribution in [0.2, 0.25) is 0 Å². The van der Waals surface area contributed by atoms with Gasteiger partial charge in [-0.25, -0.2) is 4.68 Å². The standard InChI is InChI=1S/C35H33N5O4S/c1-4-6-19-44-28-14-10-11-25(21-28)33-26(23-39(38-33)27-12-8-7-9-13-27)22-31-34(41)40-35(45-31)36-32(37-40)18-16-24-15-17-29(43-5-2)30(20-24)42-3/h7-18,20-23H,4-6,19H2,1-3H3/b18-16+,31-22-. The van der Waals surface area contributed by atoms with Gasteiger partial charge in [0.2, 0.25) is 4.96 Å². The zero-order chi connectivity index (χ0) is 31.2. The van der Waals surface area contributed by atoms with Crippen LogP contribution in [0.15, 0.2) is 83.8 Å². The molecule has 0 fully saturated rings. The summed E-state index contributed by atoms with van der Waals surface area (Å²) in [6.07, 6.45) is 9.49. The molecule has 0 aliphatic rings. The molecule has 0 aliphatic carbocycles. The number of para-hydroxylation sites is 1. The number of unbranched alkanes of at least 4 members (excludes halogenated alkanes) is 1. The summed E-state index contributed by atoms with van der Waals surface area (Å²) in [4.78, 5) is 18.6. The quantitative estimate of drug-likeness (QED) is 0.148. The summed E-state index contributed by atoms with van der Waals surface area (Å²) in [6, 6.07) is 23.5. The molecule has 0 radical (unpaired) electrons. The smallest absolute Gasteiger partial charge is 0.291 e. The molecule has 0 saturated heterocycles. The second kappa shape index (κ2) is 13.6. The number of benzene rings is 3. The number of methoxy groups -OCH3 is 1. The van der Waals surface area contributed by atoms with Crippen molar-refractivity contribution >= 4 is 34.5 Å². The van der Waals surface area contributed by atoms with Crippen LogP contribution in [0, 0.1) is 0 Å². The lowest BCUT2D eigenvalue weighted by Gasteiger charge is -2.09. The van der Waals surface area contributed by atoms with E-state index in [0.717, 1.165) is 46.7 Å². The molecule has 10 heteroatoms. The van der Waals surface area contributed by atoms with Crippen molar-refractivity contribution in [1.29, 1.82) is 0 Å². The molecule has 45 heavy (non-hydrogen) atoms. The van der Waals surface area contributed by atoms with E-state index in [9.17, 15) is 4.79 Å². The van der Waals surface area contributed by atoms with Gasteiger partial charge in [-0.2, -0.15) is 14.6 Å². The number of aromatic nitrogens is 5. The molecule has 9 nitrogen and oxygen atoms in total. The third-order valence-corrected chi connectivity index (χ3v) is 7.99. The molecule has 0 amide bonds. The van der Waals surface area contributed by atoms with Gasteiger partial charge in [0, 0.05) is 17.3 Å². The van der Waals surface area contributed by atoms with Crippen molar-refractivity contribution in [2.75, 3.05) is 20.3 Å². The first-order valence-corrected chi connectivity index (χ1v) is 15.7. The third-order valence-electron chi connectivity index (χ3n) is 7.03. The van der Waals surface area contributed by atoms with E-state index in [2.05, 4.69) is 17.0 Å². The van der Waals surface area contributed by atoms with Crippen LogP contribution in [-0.2, 0) is 0 Å². The summed E-state index contributed by atoms with van der Waals surface area (Å²) in [5.74, 6) is 2.55. The molecule has 0 bridgehead atoms. The van der Waals surface area contributed by atoms with Gasteiger partial charge in [-0.1, -0.05) is 67.2 Å². The van der Waals surface area contributed by atoms with Gasteiger partial charge in [0.1, 0.15) is 11.4 Å². The molecule has 3 aromatic heterocycles. The summed E-state index contributed by atoms with van der Waals surface area (Å²) in [5.41, 5.74) is 4.02. The second-order valence-electron chi connectivity index (χ2n) is 10.2. The molecule has 0 N–H and O–H groups in total. The topological polar surface area (TPSA) is 92.8 Å². The first-order valence-electron chi connectivity index (χ1n) is 14.8. The van der Waals surface area contributed by atoms with E-state index in [1.807, 2.05) is 103 Å². The third kappa shape index (κ3) is 6.66. The number of thiazole rings is 1. The summed E-state index contributed by atoms with van der Waals surface area (Å²) < 4.78 is 20.7. The Bertz CT molecular complexity index is 2060. The van der Waals surface area contributed by atoms with Gasteiger partial charge in [-0.05, 0) is 67.5 Å². The van der Waals surface area contributed by atoms with Crippen LogP contribution in [0.3, 0.4) is 0 Å². The fourth-order valence-corrected chi connectivity index (χ4v) is 5.70. The van der Waals surface area contributed by atoms with Gasteiger partial charge in [-0.3, -0.25) is 4.79 Å². The van der Waals surface area contributed by atoms with Crippen LogP contribution < -0.4 is 24.3 Å². The van der Waals surface area contributed by atoms with Gasteiger partial charge in [-0.15, -0.1) is 5.10 Å². The molecule has 0 atom stereocenters. The Hall–Kier alpha value is -5.22. The molecule has 3 heterocycles. The Morgan fingerprint density at radius 2 is 1.78 bits per heavy atom. The van der Waals surface area contributed by atoms with Crippen molar-refractivity contribution < 1.29 is 14.2 Å². The Kier molecular flexibility index (Phi) is 9.02. The number of rotatable bonds is 12. The van der Waals surface area contributed by atoms with Crippen LogP contribution in [-0.4, -0.2) is 44.7 Å². The number of ether oxygens (including phenoxy) is 3. The predicted molar refractivity (Wildman–Crippen MR) is 178 cm³/mol. The highest BCUT2D eigenvalue weighted by atomic mass is 32.1. The van der Waals surface area contributed by atoms with Gasteiger partial charge in [0.15, 0.2) is 17.3 Å². The van der Waals surface area contributed by atoms with Crippen LogP contribution >= 0.6 is 11.3 Å². The van der Waals surface area contributed by atoms with Gasteiger partial charge < -0.3 is 14.2 Å². The first kappa shape index (κ1) is 29.8. The Morgan fingerprint density at radius 3 is 2.56 bits per heavy atom. The first-order chi connectivity index (χ1) is 22.1. The fourth-order valence-electron chi connectivity index (χ4n) is 4.79. The van der Waals surface area contributed by atoms with Gasteiger partial charge in [0.05, 0.1) is 30.5 Å². The maximum atomic E-state index is 13.5. The molecule has 6 aromatic rings. The van der Waals surface area contributed by atoms with E-state index >= 15 is 0 Å². The number of fused-ring (bicyclic) bond motifs is 1. The molecule has 3 aromatic carbocycles. The van der Waals surface area contributed by atoms with Crippen molar-refractivity contribution in [1.82, 2.24) is 24.4 Å². The van der Waals surface area contributed by atoms with Crippen molar-refractivity contribution in [3.8, 4) is 34.2 Å².